The molecule has 0 bridgehead atoms. The first kappa shape index (κ1) is 30.9. The van der Waals surface area contributed by atoms with Crippen LogP contribution in [-0.4, -0.2) is 83.1 Å². The van der Waals surface area contributed by atoms with Gasteiger partial charge < -0.3 is 25.2 Å². The number of benzene rings is 2. The quantitative estimate of drug-likeness (QED) is 0.212. The van der Waals surface area contributed by atoms with Crippen molar-refractivity contribution in [3.8, 4) is 17.0 Å². The lowest BCUT2D eigenvalue weighted by atomic mass is 9.89. The zero-order chi connectivity index (χ0) is 30.8. The second-order valence-corrected chi connectivity index (χ2v) is 13.7. The van der Waals surface area contributed by atoms with Crippen molar-refractivity contribution in [3.63, 3.8) is 0 Å². The van der Waals surface area contributed by atoms with Gasteiger partial charge >= 0.3 is 0 Å². The lowest BCUT2D eigenvalue weighted by molar-refractivity contribution is 0.0513. The molecule has 5 rings (SSSR count). The van der Waals surface area contributed by atoms with E-state index in [1.54, 1.807) is 56.8 Å². The number of methoxy groups -OCH3 is 1. The highest BCUT2D eigenvalue weighted by Gasteiger charge is 2.24. The largest absolute Gasteiger partial charge is 0.495 e. The molecule has 1 fully saturated rings. The number of β-amino-alcohol motifs (C(OH)–C–C–N with tert-alkyl or cyclic N) is 1. The Morgan fingerprint density at radius 3 is 2.56 bits per heavy atom. The van der Waals surface area contributed by atoms with Crippen LogP contribution in [0.2, 0.25) is 0 Å². The number of hydrogen-bond acceptors (Lipinski definition) is 9. The minimum Gasteiger partial charge on any atom is -0.495 e. The number of aromatic nitrogens is 3. The van der Waals surface area contributed by atoms with Gasteiger partial charge in [-0.25, -0.2) is 22.6 Å². The Hall–Kier alpha value is -3.55. The van der Waals surface area contributed by atoms with Gasteiger partial charge in [0, 0.05) is 17.6 Å². The number of ether oxygens (including phenoxy) is 1. The Morgan fingerprint density at radius 2 is 1.86 bits per heavy atom. The van der Waals surface area contributed by atoms with Crippen LogP contribution in [0, 0.1) is 0 Å². The van der Waals surface area contributed by atoms with E-state index in [9.17, 15) is 13.5 Å². The van der Waals surface area contributed by atoms with E-state index in [4.69, 9.17) is 14.9 Å². The first-order valence-electron chi connectivity index (χ1n) is 14.4. The van der Waals surface area contributed by atoms with Crippen LogP contribution in [-0.2, 0) is 10.0 Å². The van der Waals surface area contributed by atoms with Gasteiger partial charge in [-0.15, -0.1) is 5.10 Å². The van der Waals surface area contributed by atoms with Crippen molar-refractivity contribution in [1.82, 2.24) is 24.2 Å². The summed E-state index contributed by atoms with van der Waals surface area (Å²) in [6.45, 7) is 7.41. The highest BCUT2D eigenvalue weighted by Crippen LogP contribution is 2.35. The fourth-order valence-electron chi connectivity index (χ4n) is 5.45. The molecule has 11 nitrogen and oxygen atoms in total. The number of anilines is 2. The number of likely N-dealkylation sites (tertiary alicyclic amines) is 1. The number of nitrogens with one attached hydrogen (secondary N) is 2. The van der Waals surface area contributed by atoms with Crippen LogP contribution >= 0.6 is 0 Å². The molecular weight excluding hydrogens is 568 g/mol. The van der Waals surface area contributed by atoms with Gasteiger partial charge in [0.2, 0.25) is 16.0 Å². The molecule has 3 heterocycles. The van der Waals surface area contributed by atoms with E-state index in [-0.39, 0.29) is 11.5 Å². The summed E-state index contributed by atoms with van der Waals surface area (Å²) in [5.41, 5.74) is 3.51. The van der Waals surface area contributed by atoms with Crippen LogP contribution in [0.15, 0.2) is 65.7 Å². The Balaban J connectivity index is 1.35. The van der Waals surface area contributed by atoms with E-state index < -0.39 is 21.7 Å². The highest BCUT2D eigenvalue weighted by molar-refractivity contribution is 7.89. The third-order valence-corrected chi connectivity index (χ3v) is 9.25. The molecule has 1 aliphatic heterocycles. The van der Waals surface area contributed by atoms with Crippen LogP contribution in [0.1, 0.15) is 45.1 Å². The van der Waals surface area contributed by atoms with Gasteiger partial charge in [0.15, 0.2) is 0 Å². The molecule has 4 aromatic rings. The van der Waals surface area contributed by atoms with Gasteiger partial charge in [-0.1, -0.05) is 18.2 Å². The monoisotopic (exact) mass is 608 g/mol. The predicted molar refractivity (Wildman–Crippen MR) is 166 cm³/mol. The van der Waals surface area contributed by atoms with E-state index in [1.807, 2.05) is 30.3 Å². The summed E-state index contributed by atoms with van der Waals surface area (Å²) in [6.07, 6.45) is 2.92. The van der Waals surface area contributed by atoms with Crippen LogP contribution in [0.4, 0.5) is 11.6 Å². The van der Waals surface area contributed by atoms with Crippen molar-refractivity contribution in [3.05, 3.63) is 66.4 Å². The molecular formula is C31H40N6O5S. The number of fused-ring (bicyclic) bond motifs is 1. The first-order valence-corrected chi connectivity index (χ1v) is 15.9. The molecule has 2 aromatic heterocycles. The normalized spacial score (nSPS) is 16.0. The third kappa shape index (κ3) is 7.34. The Morgan fingerprint density at radius 1 is 1.09 bits per heavy atom. The zero-order valence-corrected chi connectivity index (χ0v) is 25.8. The van der Waals surface area contributed by atoms with Crippen molar-refractivity contribution in [2.45, 2.75) is 56.1 Å². The highest BCUT2D eigenvalue weighted by atomic mass is 32.2. The number of piperidine rings is 1. The van der Waals surface area contributed by atoms with Crippen molar-refractivity contribution in [2.24, 2.45) is 0 Å². The molecule has 12 heteroatoms. The van der Waals surface area contributed by atoms with Crippen LogP contribution < -0.4 is 14.8 Å². The van der Waals surface area contributed by atoms with Crippen molar-refractivity contribution in [1.29, 1.82) is 0 Å². The summed E-state index contributed by atoms with van der Waals surface area (Å²) in [6, 6.07) is 16.7. The molecule has 0 spiro atoms. The van der Waals surface area contributed by atoms with E-state index in [0.717, 1.165) is 42.8 Å². The summed E-state index contributed by atoms with van der Waals surface area (Å²) in [5, 5.41) is 26.9. The van der Waals surface area contributed by atoms with Crippen molar-refractivity contribution < 1.29 is 23.4 Å². The molecule has 1 atom stereocenters. The van der Waals surface area contributed by atoms with Gasteiger partial charge in [-0.3, -0.25) is 0 Å². The summed E-state index contributed by atoms with van der Waals surface area (Å²) in [7, 11) is -2.07. The average Bonchev–Trinajstić information content (AvgIpc) is 3.40. The molecule has 4 N–H and O–H groups in total. The van der Waals surface area contributed by atoms with E-state index >= 15 is 0 Å². The maximum absolute atomic E-state index is 13.0. The summed E-state index contributed by atoms with van der Waals surface area (Å²) in [5.74, 6) is 1.42. The van der Waals surface area contributed by atoms with Gasteiger partial charge in [-0.05, 0) is 94.6 Å². The molecule has 0 aliphatic carbocycles. The minimum atomic E-state index is -3.70. The summed E-state index contributed by atoms with van der Waals surface area (Å²) in [4.78, 5) is 6.85. The summed E-state index contributed by atoms with van der Waals surface area (Å²) >= 11 is 0. The molecule has 1 aliphatic rings. The van der Waals surface area contributed by atoms with Crippen molar-refractivity contribution >= 4 is 27.2 Å². The number of nitrogens with zero attached hydrogens (tertiary/aromatic N) is 4. The molecule has 2 aromatic carbocycles. The van der Waals surface area contributed by atoms with Crippen LogP contribution in [0.25, 0.3) is 16.8 Å². The Labute approximate surface area is 252 Å². The number of rotatable bonds is 10. The Kier molecular flexibility index (Phi) is 9.04. The average molecular weight is 609 g/mol. The number of aliphatic hydroxyl groups is 2. The van der Waals surface area contributed by atoms with Crippen LogP contribution in [0.5, 0.6) is 5.75 Å². The fraction of sp³-hybridized carbons (Fsp3) is 0.419. The number of aliphatic hydroxyl groups excluding tert-OH is 2. The fourth-order valence-corrected chi connectivity index (χ4v) is 6.92. The molecule has 0 amide bonds. The third-order valence-electron chi connectivity index (χ3n) is 7.49. The maximum atomic E-state index is 13.0. The molecule has 0 unspecified atom stereocenters. The molecule has 0 radical (unpaired) electrons. The van der Waals surface area contributed by atoms with Gasteiger partial charge in [0.05, 0.1) is 47.8 Å². The van der Waals surface area contributed by atoms with E-state index in [1.165, 1.54) is 5.56 Å². The second kappa shape index (κ2) is 12.6. The lowest BCUT2D eigenvalue weighted by Crippen LogP contribution is -2.40. The molecule has 43 heavy (non-hydrogen) atoms. The first-order chi connectivity index (χ1) is 20.5. The van der Waals surface area contributed by atoms with Gasteiger partial charge in [-0.2, -0.15) is 0 Å². The SMILES string of the molecule is COc1cc(C2CCN(C[C@H](O)CO)CC2)ccc1Nc1ncc2ccc(-c3cccc(S(=O)(=O)NC(C)(C)C)c3)n2n1. The minimum absolute atomic E-state index is 0.181. The summed E-state index contributed by atoms with van der Waals surface area (Å²) < 4.78 is 36.1. The standard InChI is InChI=1S/C31H40N6O5S/c1-31(2,3)35-43(40,41)26-7-5-6-23(16-26)28-11-9-24-18-32-30(34-37(24)28)33-27-10-8-22(17-29(27)42-4)21-12-14-36(15-13-21)19-25(39)20-38/h5-11,16-18,21,25,35,38-39H,12-15,19-20H2,1-4H3,(H,33,34)/t25-/m0/s1. The van der Waals surface area contributed by atoms with Crippen LogP contribution in [0.3, 0.4) is 0 Å². The molecule has 0 saturated carbocycles. The number of sulfonamides is 1. The second-order valence-electron chi connectivity index (χ2n) is 12.0. The predicted octanol–water partition coefficient (Wildman–Crippen LogP) is 3.76. The van der Waals surface area contributed by atoms with Gasteiger partial charge in [0.25, 0.3) is 0 Å². The molecule has 1 saturated heterocycles. The van der Waals surface area contributed by atoms with Gasteiger partial charge in [0.1, 0.15) is 5.75 Å². The van der Waals surface area contributed by atoms with E-state index in [0.29, 0.717) is 29.7 Å². The topological polar surface area (TPSA) is 141 Å². The maximum Gasteiger partial charge on any atom is 0.245 e. The molecule has 230 valence electrons. The zero-order valence-electron chi connectivity index (χ0n) is 25.0. The lowest BCUT2D eigenvalue weighted by Gasteiger charge is -2.33. The number of hydrogen-bond donors (Lipinski definition) is 4. The Bertz CT molecular complexity index is 1680. The van der Waals surface area contributed by atoms with Crippen molar-refractivity contribution in [2.75, 3.05) is 38.7 Å². The van der Waals surface area contributed by atoms with E-state index in [2.05, 4.69) is 26.0 Å². The smallest absolute Gasteiger partial charge is 0.245 e.